The Morgan fingerprint density at radius 3 is 2.59 bits per heavy atom. The Hall–Kier alpha value is -2.46. The van der Waals surface area contributed by atoms with E-state index in [0.29, 0.717) is 6.61 Å². The fraction of sp³-hybridized carbons (Fsp3) is 0.526. The third kappa shape index (κ3) is 6.53. The molecule has 0 bridgehead atoms. The molecular weight excluding hydrogens is 391 g/mol. The number of aliphatic carboxylic acids is 1. The maximum absolute atomic E-state index is 10.6. The van der Waals surface area contributed by atoms with E-state index < -0.39 is 12.1 Å². The normalized spacial score (nSPS) is 18.5. The highest BCUT2D eigenvalue weighted by Crippen LogP contribution is 2.30. The van der Waals surface area contributed by atoms with Crippen LogP contribution in [0.4, 0.5) is 13.2 Å². The van der Waals surface area contributed by atoms with Crippen molar-refractivity contribution in [1.82, 2.24) is 14.8 Å². The van der Waals surface area contributed by atoms with Gasteiger partial charge in [-0.3, -0.25) is 9.67 Å². The van der Waals surface area contributed by atoms with Crippen LogP contribution in [0, 0.1) is 5.92 Å². The van der Waals surface area contributed by atoms with Gasteiger partial charge in [-0.15, -0.1) is 0 Å². The average Bonchev–Trinajstić information content (AvgIpc) is 3.40. The van der Waals surface area contributed by atoms with E-state index in [4.69, 9.17) is 24.5 Å². The number of ether oxygens (including phenoxy) is 2. The van der Waals surface area contributed by atoms with Gasteiger partial charge in [0.15, 0.2) is 0 Å². The summed E-state index contributed by atoms with van der Waals surface area (Å²) < 4.78 is 45.4. The second kappa shape index (κ2) is 9.36. The fourth-order valence-electron chi connectivity index (χ4n) is 2.84. The Kier molecular flexibility index (Phi) is 6.86. The molecule has 0 spiro atoms. The summed E-state index contributed by atoms with van der Waals surface area (Å²) in [5, 5.41) is 11.9. The van der Waals surface area contributed by atoms with Crippen LogP contribution in [-0.4, -0.2) is 51.8 Å². The summed E-state index contributed by atoms with van der Waals surface area (Å²) in [6.07, 6.45) is 4.25. The monoisotopic (exact) mass is 413 g/mol. The van der Waals surface area contributed by atoms with Crippen molar-refractivity contribution < 1.29 is 32.5 Å². The van der Waals surface area contributed by atoms with Gasteiger partial charge in [-0.2, -0.15) is 18.3 Å². The molecule has 1 atom stereocenters. The number of fused-ring (bicyclic) bond motifs is 1. The molecule has 3 heterocycles. The Morgan fingerprint density at radius 2 is 1.97 bits per heavy atom. The Balaban J connectivity index is 0.000000298. The molecule has 1 N–H and O–H groups in total. The van der Waals surface area contributed by atoms with Crippen LogP contribution >= 0.6 is 0 Å². The minimum absolute atomic E-state index is 0.0128. The first-order valence-electron chi connectivity index (χ1n) is 9.27. The molecule has 29 heavy (non-hydrogen) atoms. The lowest BCUT2D eigenvalue weighted by atomic mass is 10.1. The second-order valence-corrected chi connectivity index (χ2v) is 6.99. The van der Waals surface area contributed by atoms with Gasteiger partial charge >= 0.3 is 12.1 Å². The lowest BCUT2D eigenvalue weighted by Crippen LogP contribution is -2.21. The van der Waals surface area contributed by atoms with Gasteiger partial charge in [0.05, 0.1) is 25.5 Å². The van der Waals surface area contributed by atoms with Crippen LogP contribution in [0.15, 0.2) is 30.7 Å². The van der Waals surface area contributed by atoms with Gasteiger partial charge in [-0.1, -0.05) is 0 Å². The van der Waals surface area contributed by atoms with Crippen molar-refractivity contribution in [3.63, 3.8) is 0 Å². The number of carbonyl (C=O) groups is 1. The molecular formula is C19H22F3N3O4. The molecule has 7 nitrogen and oxygen atoms in total. The van der Waals surface area contributed by atoms with Crippen LogP contribution in [0.3, 0.4) is 0 Å². The van der Waals surface area contributed by atoms with E-state index in [1.807, 2.05) is 29.2 Å². The SMILES string of the molecule is O=C(O)C(F)(F)F.c1cc(Cn2cc3c(n2)C(COCC2CC2)OCC3)ccn1. The van der Waals surface area contributed by atoms with Crippen molar-refractivity contribution in [2.75, 3.05) is 19.8 Å². The van der Waals surface area contributed by atoms with E-state index in [-0.39, 0.29) is 6.10 Å². The Morgan fingerprint density at radius 1 is 1.28 bits per heavy atom. The summed E-state index contributed by atoms with van der Waals surface area (Å²) in [4.78, 5) is 12.9. The molecule has 0 radical (unpaired) electrons. The zero-order valence-corrected chi connectivity index (χ0v) is 15.6. The summed E-state index contributed by atoms with van der Waals surface area (Å²) in [7, 11) is 0. The summed E-state index contributed by atoms with van der Waals surface area (Å²) >= 11 is 0. The number of carboxylic acids is 1. The van der Waals surface area contributed by atoms with E-state index in [2.05, 4.69) is 11.2 Å². The van der Waals surface area contributed by atoms with Crippen LogP contribution in [0.1, 0.15) is 35.8 Å². The minimum Gasteiger partial charge on any atom is -0.475 e. The van der Waals surface area contributed by atoms with Crippen LogP contribution in [-0.2, 0) is 27.2 Å². The number of hydrogen-bond donors (Lipinski definition) is 1. The largest absolute Gasteiger partial charge is 0.490 e. The van der Waals surface area contributed by atoms with Gasteiger partial charge < -0.3 is 14.6 Å². The highest BCUT2D eigenvalue weighted by atomic mass is 19.4. The molecule has 0 amide bonds. The molecule has 158 valence electrons. The molecule has 2 aromatic heterocycles. The first-order chi connectivity index (χ1) is 13.8. The molecule has 1 aliphatic carbocycles. The number of halogens is 3. The summed E-state index contributed by atoms with van der Waals surface area (Å²) in [5.74, 6) is -1.97. The van der Waals surface area contributed by atoms with Crippen molar-refractivity contribution in [2.24, 2.45) is 5.92 Å². The van der Waals surface area contributed by atoms with Crippen LogP contribution in [0.5, 0.6) is 0 Å². The lowest BCUT2D eigenvalue weighted by Gasteiger charge is -2.21. The molecule has 1 fully saturated rings. The maximum atomic E-state index is 10.6. The van der Waals surface area contributed by atoms with Gasteiger partial charge in [0.2, 0.25) is 0 Å². The van der Waals surface area contributed by atoms with Crippen LogP contribution in [0.25, 0.3) is 0 Å². The van der Waals surface area contributed by atoms with E-state index in [1.54, 1.807) is 0 Å². The summed E-state index contributed by atoms with van der Waals surface area (Å²) in [6.45, 7) is 3.01. The van der Waals surface area contributed by atoms with Crippen molar-refractivity contribution >= 4 is 5.97 Å². The highest BCUT2D eigenvalue weighted by Gasteiger charge is 2.38. The molecule has 2 aliphatic rings. The lowest BCUT2D eigenvalue weighted by molar-refractivity contribution is -0.192. The predicted molar refractivity (Wildman–Crippen MR) is 95.2 cm³/mol. The van der Waals surface area contributed by atoms with Gasteiger partial charge in [-0.05, 0) is 48.4 Å². The zero-order valence-electron chi connectivity index (χ0n) is 15.6. The molecule has 1 unspecified atom stereocenters. The Labute approximate surface area is 165 Å². The van der Waals surface area contributed by atoms with Gasteiger partial charge in [0.1, 0.15) is 6.10 Å². The number of pyridine rings is 1. The molecule has 1 aliphatic heterocycles. The molecule has 0 saturated heterocycles. The summed E-state index contributed by atoms with van der Waals surface area (Å²) in [5.41, 5.74) is 3.55. The van der Waals surface area contributed by atoms with Gasteiger partial charge in [-0.25, -0.2) is 4.79 Å². The first kappa shape index (κ1) is 21.3. The van der Waals surface area contributed by atoms with E-state index in [1.165, 1.54) is 24.0 Å². The van der Waals surface area contributed by atoms with E-state index >= 15 is 0 Å². The van der Waals surface area contributed by atoms with Crippen molar-refractivity contribution in [3.05, 3.63) is 47.5 Å². The van der Waals surface area contributed by atoms with Gasteiger partial charge in [0, 0.05) is 25.2 Å². The topological polar surface area (TPSA) is 86.5 Å². The summed E-state index contributed by atoms with van der Waals surface area (Å²) in [6, 6.07) is 4.04. The number of rotatable bonds is 6. The predicted octanol–water partition coefficient (Wildman–Crippen LogP) is 3.00. The van der Waals surface area contributed by atoms with Crippen molar-refractivity contribution in [3.8, 4) is 0 Å². The molecule has 10 heteroatoms. The number of alkyl halides is 3. The van der Waals surface area contributed by atoms with Gasteiger partial charge in [0.25, 0.3) is 0 Å². The van der Waals surface area contributed by atoms with Crippen LogP contribution in [0.2, 0.25) is 0 Å². The molecule has 0 aromatic carbocycles. The van der Waals surface area contributed by atoms with Crippen LogP contribution < -0.4 is 0 Å². The highest BCUT2D eigenvalue weighted by molar-refractivity contribution is 5.73. The first-order valence-corrected chi connectivity index (χ1v) is 9.27. The quantitative estimate of drug-likeness (QED) is 0.784. The third-order valence-electron chi connectivity index (χ3n) is 4.52. The Bertz CT molecular complexity index is 807. The molecule has 4 rings (SSSR count). The zero-order chi connectivity index (χ0) is 20.9. The van der Waals surface area contributed by atoms with E-state index in [0.717, 1.165) is 37.8 Å². The number of aromatic nitrogens is 3. The van der Waals surface area contributed by atoms with Crippen molar-refractivity contribution in [1.29, 1.82) is 0 Å². The van der Waals surface area contributed by atoms with Crippen molar-refractivity contribution in [2.45, 2.75) is 38.1 Å². The average molecular weight is 413 g/mol. The minimum atomic E-state index is -5.08. The second-order valence-electron chi connectivity index (χ2n) is 6.99. The third-order valence-corrected chi connectivity index (χ3v) is 4.52. The maximum Gasteiger partial charge on any atom is 0.490 e. The standard InChI is InChI=1S/C17H21N3O2.C2HF3O2/c1-2-14(1)11-21-12-16-17-15(5-8-22-16)10-20(19-17)9-13-3-6-18-7-4-13;3-2(4,5)1(6)7/h3-4,6-7,10,14,16H,1-2,5,8-9,11-12H2;(H,6,7). The van der Waals surface area contributed by atoms with E-state index in [9.17, 15) is 13.2 Å². The number of carboxylic acid groups (broad SMARTS) is 1. The fourth-order valence-corrected chi connectivity index (χ4v) is 2.84. The number of nitrogens with zero attached hydrogens (tertiary/aromatic N) is 3. The molecule has 1 saturated carbocycles. The molecule has 2 aromatic rings. The number of hydrogen-bond acceptors (Lipinski definition) is 5. The smallest absolute Gasteiger partial charge is 0.475 e.